The number of allylic oxidation sites excluding steroid dienone is 3. The summed E-state index contributed by atoms with van der Waals surface area (Å²) in [6.07, 6.45) is 1.50. The van der Waals surface area contributed by atoms with E-state index in [0.29, 0.717) is 11.3 Å². The lowest BCUT2D eigenvalue weighted by Crippen LogP contribution is -2.61. The van der Waals surface area contributed by atoms with Crippen molar-refractivity contribution < 1.29 is 60.9 Å². The number of phenolic OH excluding ortho intramolecular Hbond substituents is 1. The maximum atomic E-state index is 15.2. The van der Waals surface area contributed by atoms with Crippen molar-refractivity contribution in [2.24, 2.45) is 23.7 Å². The second-order valence-corrected chi connectivity index (χ2v) is 14.0. The number of rotatable bonds is 6. The van der Waals surface area contributed by atoms with Crippen LogP contribution in [0.3, 0.4) is 0 Å². The summed E-state index contributed by atoms with van der Waals surface area (Å²) in [5.74, 6) is -22.8. The van der Waals surface area contributed by atoms with E-state index in [-0.39, 0.29) is 54.0 Å². The lowest BCUT2D eigenvalue weighted by atomic mass is 9.56. The predicted octanol–water partition coefficient (Wildman–Crippen LogP) is 4.87. The number of anilines is 1. The molecule has 0 spiro atoms. The van der Waals surface area contributed by atoms with Crippen molar-refractivity contribution >= 4 is 58.5 Å². The molecule has 2 aliphatic carbocycles. The first-order valence-corrected chi connectivity index (χ1v) is 16.0. The van der Waals surface area contributed by atoms with Crippen molar-refractivity contribution in [2.75, 3.05) is 11.4 Å². The zero-order valence-electron chi connectivity index (χ0n) is 25.3. The first-order chi connectivity index (χ1) is 23.5. The van der Waals surface area contributed by atoms with Gasteiger partial charge >= 0.3 is 5.97 Å². The van der Waals surface area contributed by atoms with Crippen molar-refractivity contribution in [3.63, 3.8) is 0 Å². The number of carboxylic acid groups (broad SMARTS) is 1. The number of aromatic hydroxyl groups is 1. The summed E-state index contributed by atoms with van der Waals surface area (Å²) >= 11 is 14.2. The van der Waals surface area contributed by atoms with Crippen LogP contribution in [0.25, 0.3) is 0 Å². The van der Waals surface area contributed by atoms with E-state index in [1.165, 1.54) is 24.5 Å². The van der Waals surface area contributed by atoms with Gasteiger partial charge in [-0.25, -0.2) is 26.9 Å². The summed E-state index contributed by atoms with van der Waals surface area (Å²) in [6, 6.07) is 4.14. The van der Waals surface area contributed by atoms with Crippen LogP contribution in [0.15, 0.2) is 41.7 Å². The minimum absolute atomic E-state index is 0.0512. The van der Waals surface area contributed by atoms with Crippen molar-refractivity contribution in [3.8, 4) is 11.5 Å². The molecule has 1 saturated carbocycles. The minimum atomic E-state index is -2.71. The zero-order valence-corrected chi connectivity index (χ0v) is 26.8. The number of alkyl halides is 2. The smallest absolute Gasteiger partial charge is 0.303 e. The van der Waals surface area contributed by atoms with Gasteiger partial charge in [-0.15, -0.1) is 23.2 Å². The highest BCUT2D eigenvalue weighted by Gasteiger charge is 2.77. The van der Waals surface area contributed by atoms with Gasteiger partial charge in [0.25, 0.3) is 11.8 Å². The lowest BCUT2D eigenvalue weighted by Gasteiger charge is -2.51. The number of carbonyl (C=O) groups is 5. The molecule has 17 heteroatoms. The number of hydrogen-bond acceptors (Lipinski definition) is 7. The molecule has 2 aromatic carbocycles. The van der Waals surface area contributed by atoms with Crippen molar-refractivity contribution in [3.05, 3.63) is 76.3 Å². The Hall–Kier alpha value is -4.50. The lowest BCUT2D eigenvalue weighted by molar-refractivity contribution is -0.142. The SMILES string of the molecule is O=C(O)CCCN1C(=O)[C@H]2[C@H](CC=C3[C@H](C4=COc5ccc(O)cc5C4)[C@]4(Cl)C(=O)N(c5c(F)c(F)c(F)c(F)c5F)C(=O)[C@]4(Cl)C[C@H]32)C1=O. The van der Waals surface area contributed by atoms with Gasteiger partial charge in [0.2, 0.25) is 17.6 Å². The van der Waals surface area contributed by atoms with Crippen LogP contribution in [0.4, 0.5) is 27.6 Å². The molecular formula is C33H23Cl2F5N2O8. The number of phenols is 1. The molecule has 2 N–H and O–H groups in total. The first-order valence-electron chi connectivity index (χ1n) is 15.3. The fraction of sp³-hybridized carbons (Fsp3) is 0.364. The average molecular weight is 741 g/mol. The molecule has 5 aliphatic rings. The summed E-state index contributed by atoms with van der Waals surface area (Å²) in [7, 11) is 0. The highest BCUT2D eigenvalue weighted by atomic mass is 35.5. The maximum absolute atomic E-state index is 15.2. The third kappa shape index (κ3) is 4.48. The Labute approximate surface area is 288 Å². The van der Waals surface area contributed by atoms with Crippen LogP contribution in [0.5, 0.6) is 11.5 Å². The molecule has 6 atom stereocenters. The second kappa shape index (κ2) is 11.5. The van der Waals surface area contributed by atoms with Gasteiger partial charge in [-0.3, -0.25) is 28.9 Å². The van der Waals surface area contributed by atoms with Crippen LogP contribution < -0.4 is 9.64 Å². The van der Waals surface area contributed by atoms with Gasteiger partial charge < -0.3 is 14.9 Å². The number of imide groups is 2. The van der Waals surface area contributed by atoms with Crippen molar-refractivity contribution in [2.45, 2.75) is 41.9 Å². The van der Waals surface area contributed by atoms with Crippen LogP contribution in [-0.4, -0.2) is 61.0 Å². The van der Waals surface area contributed by atoms with Crippen molar-refractivity contribution in [1.29, 1.82) is 0 Å². The van der Waals surface area contributed by atoms with E-state index < -0.39 is 104 Å². The molecule has 10 nitrogen and oxygen atoms in total. The number of fused-ring (bicyclic) bond motifs is 5. The van der Waals surface area contributed by atoms with E-state index in [9.17, 15) is 42.3 Å². The first kappa shape index (κ1) is 34.0. The van der Waals surface area contributed by atoms with Gasteiger partial charge in [0.15, 0.2) is 33.0 Å². The standard InChI is InChI=1S/C33H23Cl2F5N2O8/c34-32-10-17-15(4-5-16-20(17)29(47)41(28(16)46)7-1-2-19(44)45)21(13-8-12-9-14(43)3-6-18(12)50-11-13)33(32,35)31(49)42(30(32)48)27-25(39)23(37)22(36)24(38)26(27)40/h3-4,6,9,11,16-17,20-21,43H,1-2,5,7-8,10H2,(H,44,45)/t16-,17+,20-,21-,32+,33-/m0/s1. The largest absolute Gasteiger partial charge is 0.508 e. The summed E-state index contributed by atoms with van der Waals surface area (Å²) in [4.78, 5) is 62.3. The molecule has 7 rings (SSSR count). The number of aliphatic carboxylic acids is 1. The highest BCUT2D eigenvalue weighted by Crippen LogP contribution is 2.65. The number of carboxylic acids is 1. The number of nitrogens with zero attached hydrogens (tertiary/aromatic N) is 2. The predicted molar refractivity (Wildman–Crippen MR) is 161 cm³/mol. The molecule has 3 fully saturated rings. The molecular weight excluding hydrogens is 718 g/mol. The average Bonchev–Trinajstić information content (AvgIpc) is 3.40. The Morgan fingerprint density at radius 3 is 2.26 bits per heavy atom. The molecule has 0 unspecified atom stereocenters. The summed E-state index contributed by atoms with van der Waals surface area (Å²) in [6.45, 7) is -0.224. The van der Waals surface area contributed by atoms with Crippen LogP contribution >= 0.6 is 23.2 Å². The van der Waals surface area contributed by atoms with Crippen LogP contribution in [0, 0.1) is 52.8 Å². The normalized spacial score (nSPS) is 30.0. The number of likely N-dealkylation sites (tertiary alicyclic amines) is 1. The van der Waals surface area contributed by atoms with Crippen LogP contribution in [0.1, 0.15) is 31.2 Å². The number of halogens is 7. The van der Waals surface area contributed by atoms with Crippen molar-refractivity contribution in [1.82, 2.24) is 4.90 Å². The van der Waals surface area contributed by atoms with Crippen LogP contribution in [0.2, 0.25) is 0 Å². The van der Waals surface area contributed by atoms with E-state index in [1.54, 1.807) is 6.08 Å². The van der Waals surface area contributed by atoms with E-state index in [4.69, 9.17) is 33.0 Å². The highest BCUT2D eigenvalue weighted by molar-refractivity contribution is 6.58. The molecule has 50 heavy (non-hydrogen) atoms. The Morgan fingerprint density at radius 2 is 1.60 bits per heavy atom. The third-order valence-electron chi connectivity index (χ3n) is 10.2. The molecule has 262 valence electrons. The Balaban J connectivity index is 1.39. The van der Waals surface area contributed by atoms with Gasteiger partial charge in [0.1, 0.15) is 17.2 Å². The van der Waals surface area contributed by atoms with E-state index >= 15 is 8.78 Å². The van der Waals surface area contributed by atoms with Gasteiger partial charge in [0.05, 0.1) is 18.1 Å². The third-order valence-corrected chi connectivity index (χ3v) is 11.6. The molecule has 0 radical (unpaired) electrons. The molecule has 2 saturated heterocycles. The topological polar surface area (TPSA) is 142 Å². The van der Waals surface area contributed by atoms with Gasteiger partial charge in [0, 0.05) is 30.9 Å². The molecule has 0 bridgehead atoms. The molecule has 0 aromatic heterocycles. The van der Waals surface area contributed by atoms with Gasteiger partial charge in [-0.1, -0.05) is 11.6 Å². The molecule has 3 heterocycles. The van der Waals surface area contributed by atoms with Crippen LogP contribution in [-0.2, 0) is 30.4 Å². The number of hydrogen-bond donors (Lipinski definition) is 2. The molecule has 4 amide bonds. The minimum Gasteiger partial charge on any atom is -0.508 e. The Kier molecular flexibility index (Phi) is 7.83. The van der Waals surface area contributed by atoms with E-state index in [1.807, 2.05) is 0 Å². The number of benzene rings is 2. The van der Waals surface area contributed by atoms with E-state index in [2.05, 4.69) is 0 Å². The quantitative estimate of drug-likeness (QED) is 0.107. The van der Waals surface area contributed by atoms with E-state index in [0.717, 1.165) is 4.90 Å². The summed E-state index contributed by atoms with van der Waals surface area (Å²) in [5, 5.41) is 19.2. The fourth-order valence-electron chi connectivity index (χ4n) is 8.05. The number of carbonyl (C=O) groups excluding carboxylic acids is 4. The molecule has 2 aromatic rings. The Morgan fingerprint density at radius 1 is 0.940 bits per heavy atom. The number of amides is 4. The Bertz CT molecular complexity index is 2000. The summed E-state index contributed by atoms with van der Waals surface area (Å²) < 4.78 is 79.0. The monoisotopic (exact) mass is 740 g/mol. The summed E-state index contributed by atoms with van der Waals surface area (Å²) in [5.41, 5.74) is -1.12. The molecule has 3 aliphatic heterocycles. The second-order valence-electron chi connectivity index (χ2n) is 12.8. The fourth-order valence-corrected chi connectivity index (χ4v) is 9.00. The maximum Gasteiger partial charge on any atom is 0.303 e. The number of ether oxygens (including phenoxy) is 1. The van der Waals surface area contributed by atoms with Gasteiger partial charge in [-0.05, 0) is 49.0 Å². The van der Waals surface area contributed by atoms with Gasteiger partial charge in [-0.2, -0.15) is 0 Å². The zero-order chi connectivity index (χ0) is 36.2.